The Morgan fingerprint density at radius 3 is 2.58 bits per heavy atom. The first kappa shape index (κ1) is 17.1. The molecule has 2 aromatic carbocycles. The summed E-state index contributed by atoms with van der Waals surface area (Å²) in [5.74, 6) is 0.175. The second-order valence-corrected chi connectivity index (χ2v) is 5.58. The van der Waals surface area contributed by atoms with Gasteiger partial charge in [-0.25, -0.2) is 10.4 Å². The van der Waals surface area contributed by atoms with E-state index in [0.717, 1.165) is 12.0 Å². The highest BCUT2D eigenvalue weighted by molar-refractivity contribution is 5.80. The lowest BCUT2D eigenvalue weighted by molar-refractivity contribution is 1.08. The zero-order chi connectivity index (χ0) is 18.4. The Labute approximate surface area is 150 Å². The number of aromatic nitrogens is 2. The summed E-state index contributed by atoms with van der Waals surface area (Å²) in [6, 6.07) is 19.0. The normalized spacial score (nSPS) is 10.6. The first-order chi connectivity index (χ1) is 12.7. The van der Waals surface area contributed by atoms with E-state index >= 15 is 0 Å². The zero-order valence-corrected chi connectivity index (χ0v) is 14.2. The smallest absolute Gasteiger partial charge is 0.270 e. The number of anilines is 1. The van der Waals surface area contributed by atoms with E-state index in [4.69, 9.17) is 0 Å². The Bertz CT molecular complexity index is 1010. The maximum absolute atomic E-state index is 12.2. The molecule has 0 aliphatic heterocycles. The van der Waals surface area contributed by atoms with Gasteiger partial charge in [0.25, 0.3) is 5.56 Å². The van der Waals surface area contributed by atoms with Gasteiger partial charge in [0.2, 0.25) is 5.95 Å². The van der Waals surface area contributed by atoms with Gasteiger partial charge < -0.3 is 0 Å². The van der Waals surface area contributed by atoms with Crippen LogP contribution in [0.4, 0.5) is 5.95 Å². The first-order valence-corrected chi connectivity index (χ1v) is 8.19. The van der Waals surface area contributed by atoms with Crippen LogP contribution in [0.25, 0.3) is 11.3 Å². The highest BCUT2D eigenvalue weighted by atomic mass is 16.1. The number of H-pyrrole nitrogens is 1. The van der Waals surface area contributed by atoms with Crippen LogP contribution in [-0.4, -0.2) is 16.2 Å². The molecule has 0 fully saturated rings. The summed E-state index contributed by atoms with van der Waals surface area (Å²) in [5, 5.41) is 13.4. The van der Waals surface area contributed by atoms with Gasteiger partial charge in [-0.1, -0.05) is 61.5 Å². The third kappa shape index (κ3) is 3.84. The third-order valence-corrected chi connectivity index (χ3v) is 3.85. The molecule has 1 aromatic heterocycles. The van der Waals surface area contributed by atoms with Gasteiger partial charge in [-0.2, -0.15) is 10.4 Å². The maximum atomic E-state index is 12.2. The fourth-order valence-corrected chi connectivity index (χ4v) is 2.44. The van der Waals surface area contributed by atoms with Crippen LogP contribution in [0.3, 0.4) is 0 Å². The van der Waals surface area contributed by atoms with Crippen LogP contribution in [0.15, 0.2) is 64.5 Å². The minimum Gasteiger partial charge on any atom is -0.290 e. The molecule has 6 nitrogen and oxygen atoms in total. The second kappa shape index (κ2) is 7.90. The fraction of sp³-hybridized carbons (Fsp3) is 0.100. The van der Waals surface area contributed by atoms with E-state index in [2.05, 4.69) is 27.4 Å². The number of aryl methyl sites for hydroxylation is 1. The average Bonchev–Trinajstić information content (AvgIpc) is 2.69. The van der Waals surface area contributed by atoms with Crippen LogP contribution in [0, 0.1) is 11.3 Å². The monoisotopic (exact) mass is 343 g/mol. The molecule has 128 valence electrons. The fourth-order valence-electron chi connectivity index (χ4n) is 2.44. The van der Waals surface area contributed by atoms with Gasteiger partial charge in [0, 0.05) is 5.56 Å². The van der Waals surface area contributed by atoms with Crippen molar-refractivity contribution in [3.63, 3.8) is 0 Å². The molecule has 6 heteroatoms. The average molecular weight is 343 g/mol. The summed E-state index contributed by atoms with van der Waals surface area (Å²) in [6.07, 6.45) is 2.62. The van der Waals surface area contributed by atoms with Gasteiger partial charge in [0.15, 0.2) is 0 Å². The number of hydrogen-bond donors (Lipinski definition) is 2. The lowest BCUT2D eigenvalue weighted by atomic mass is 10.1. The van der Waals surface area contributed by atoms with Crippen molar-refractivity contribution in [3.05, 3.63) is 81.6 Å². The van der Waals surface area contributed by atoms with Crippen molar-refractivity contribution < 1.29 is 0 Å². The van der Waals surface area contributed by atoms with Crippen molar-refractivity contribution in [1.82, 2.24) is 9.97 Å². The summed E-state index contributed by atoms with van der Waals surface area (Å²) in [5.41, 5.74) is 5.37. The number of hydrazone groups is 1. The van der Waals surface area contributed by atoms with E-state index in [1.54, 1.807) is 18.3 Å². The predicted molar refractivity (Wildman–Crippen MR) is 102 cm³/mol. The predicted octanol–water partition coefficient (Wildman–Crippen LogP) is 3.32. The first-order valence-electron chi connectivity index (χ1n) is 8.19. The third-order valence-electron chi connectivity index (χ3n) is 3.85. The van der Waals surface area contributed by atoms with Crippen molar-refractivity contribution in [3.8, 4) is 17.3 Å². The second-order valence-electron chi connectivity index (χ2n) is 5.58. The van der Waals surface area contributed by atoms with Crippen molar-refractivity contribution in [2.24, 2.45) is 5.10 Å². The molecule has 0 unspecified atom stereocenters. The highest BCUT2D eigenvalue weighted by Gasteiger charge is 2.12. The van der Waals surface area contributed by atoms with E-state index in [0.29, 0.717) is 11.3 Å². The van der Waals surface area contributed by atoms with Crippen LogP contribution in [-0.2, 0) is 6.42 Å². The molecule has 0 bridgehead atoms. The molecule has 2 N–H and O–H groups in total. The lowest BCUT2D eigenvalue weighted by Gasteiger charge is -2.06. The molecule has 0 saturated carbocycles. The largest absolute Gasteiger partial charge is 0.290 e. The molecular formula is C20H17N5O. The Morgan fingerprint density at radius 2 is 1.92 bits per heavy atom. The SMILES string of the molecule is CCc1ccc(C=NNc2nc(-c3ccccc3)c(C#N)c(=O)[nH]2)cc1. The minimum atomic E-state index is -0.508. The number of rotatable bonds is 5. The molecule has 0 radical (unpaired) electrons. The quantitative estimate of drug-likeness (QED) is 0.549. The van der Waals surface area contributed by atoms with Crippen LogP contribution in [0.5, 0.6) is 0 Å². The van der Waals surface area contributed by atoms with Gasteiger partial charge in [0.1, 0.15) is 11.6 Å². The molecule has 0 atom stereocenters. The number of aromatic amines is 1. The Morgan fingerprint density at radius 1 is 1.19 bits per heavy atom. The van der Waals surface area contributed by atoms with Crippen LogP contribution in [0.2, 0.25) is 0 Å². The molecule has 0 spiro atoms. The molecule has 3 rings (SSSR count). The summed E-state index contributed by atoms with van der Waals surface area (Å²) in [6.45, 7) is 2.10. The van der Waals surface area contributed by atoms with Crippen LogP contribution < -0.4 is 11.0 Å². The van der Waals surface area contributed by atoms with Crippen molar-refractivity contribution >= 4 is 12.2 Å². The Balaban J connectivity index is 1.86. The van der Waals surface area contributed by atoms with Crippen LogP contribution in [0.1, 0.15) is 23.6 Å². The minimum absolute atomic E-state index is 0.0270. The maximum Gasteiger partial charge on any atom is 0.270 e. The van der Waals surface area contributed by atoms with Gasteiger partial charge in [-0.3, -0.25) is 9.78 Å². The number of hydrogen-bond acceptors (Lipinski definition) is 5. The summed E-state index contributed by atoms with van der Waals surface area (Å²) < 4.78 is 0. The van der Waals surface area contributed by atoms with E-state index in [1.165, 1.54) is 5.56 Å². The van der Waals surface area contributed by atoms with E-state index in [-0.39, 0.29) is 11.5 Å². The molecule has 3 aromatic rings. The standard InChI is InChI=1S/C20H17N5O/c1-2-14-8-10-15(11-9-14)13-22-25-20-23-18(16-6-4-3-5-7-16)17(12-21)19(26)24-20/h3-11,13H,2H2,1H3,(H2,23,24,25,26). The molecular weight excluding hydrogens is 326 g/mol. The molecule has 0 saturated heterocycles. The van der Waals surface area contributed by atoms with E-state index in [1.807, 2.05) is 48.5 Å². The van der Waals surface area contributed by atoms with Gasteiger partial charge in [-0.05, 0) is 17.5 Å². The molecule has 0 amide bonds. The summed E-state index contributed by atoms with van der Waals surface area (Å²) in [4.78, 5) is 19.0. The lowest BCUT2D eigenvalue weighted by Crippen LogP contribution is -2.16. The van der Waals surface area contributed by atoms with E-state index in [9.17, 15) is 10.1 Å². The number of benzene rings is 2. The Kier molecular flexibility index (Phi) is 5.20. The topological polar surface area (TPSA) is 93.9 Å². The van der Waals surface area contributed by atoms with Gasteiger partial charge in [0.05, 0.1) is 11.9 Å². The van der Waals surface area contributed by atoms with Crippen molar-refractivity contribution in [1.29, 1.82) is 5.26 Å². The molecule has 26 heavy (non-hydrogen) atoms. The number of nitrogens with one attached hydrogen (secondary N) is 2. The molecule has 0 aliphatic rings. The van der Waals surface area contributed by atoms with Gasteiger partial charge >= 0.3 is 0 Å². The van der Waals surface area contributed by atoms with Crippen molar-refractivity contribution in [2.45, 2.75) is 13.3 Å². The zero-order valence-electron chi connectivity index (χ0n) is 14.2. The van der Waals surface area contributed by atoms with Crippen LogP contribution >= 0.6 is 0 Å². The molecule has 1 heterocycles. The Hall–Kier alpha value is -3.72. The number of nitrogens with zero attached hydrogens (tertiary/aromatic N) is 3. The summed E-state index contributed by atoms with van der Waals surface area (Å²) in [7, 11) is 0. The summed E-state index contributed by atoms with van der Waals surface area (Å²) >= 11 is 0. The molecule has 0 aliphatic carbocycles. The number of nitriles is 1. The van der Waals surface area contributed by atoms with Crippen molar-refractivity contribution in [2.75, 3.05) is 5.43 Å². The van der Waals surface area contributed by atoms with E-state index < -0.39 is 5.56 Å². The van der Waals surface area contributed by atoms with Gasteiger partial charge in [-0.15, -0.1) is 0 Å². The highest BCUT2D eigenvalue weighted by Crippen LogP contribution is 2.19.